The number of nitrogens with one attached hydrogen (secondary N) is 2. The quantitative estimate of drug-likeness (QED) is 0.259. The molecule has 2 atom stereocenters. The fourth-order valence-corrected chi connectivity index (χ4v) is 3.61. The molecule has 3 rings (SSSR count). The lowest BCUT2D eigenvalue weighted by molar-refractivity contribution is -0.143. The second-order valence-corrected chi connectivity index (χ2v) is 8.86. The number of Topliss-reactive ketones (excluding diaryl/α,β-unsaturated/α-hetero) is 1. The Balaban J connectivity index is 1.67. The Kier molecular flexibility index (Phi) is 9.88. The van der Waals surface area contributed by atoms with E-state index >= 15 is 0 Å². The number of benzene rings is 2. The number of aromatic nitrogens is 1. The Morgan fingerprint density at radius 3 is 2.45 bits per heavy atom. The minimum atomic E-state index is -1.54. The maximum absolute atomic E-state index is 14.1. The van der Waals surface area contributed by atoms with E-state index < -0.39 is 71.9 Å². The molecule has 3 aromatic rings. The van der Waals surface area contributed by atoms with Crippen molar-refractivity contribution in [1.29, 1.82) is 0 Å². The van der Waals surface area contributed by atoms with Gasteiger partial charge in [-0.25, -0.2) is 8.78 Å². The summed E-state index contributed by atoms with van der Waals surface area (Å²) in [6.07, 6.45) is -0.644. The van der Waals surface area contributed by atoms with Crippen LogP contribution in [0.4, 0.5) is 13.2 Å². The molecule has 1 heterocycles. The first-order valence-electron chi connectivity index (χ1n) is 11.6. The first-order chi connectivity index (χ1) is 18.9. The van der Waals surface area contributed by atoms with Crippen molar-refractivity contribution in [3.8, 4) is 17.1 Å². The molecule has 14 heteroatoms. The van der Waals surface area contributed by atoms with Crippen molar-refractivity contribution in [2.24, 2.45) is 0 Å². The first kappa shape index (κ1) is 30.2. The second kappa shape index (κ2) is 13.1. The zero-order valence-corrected chi connectivity index (χ0v) is 22.1. The molecule has 10 nitrogen and oxygen atoms in total. The molecular weight excluding hydrogens is 559 g/mol. The molecular formula is C26H23ClF3N3O7. The number of carbonyl (C=O) groups is 4. The van der Waals surface area contributed by atoms with Crippen molar-refractivity contribution < 1.29 is 46.3 Å². The molecule has 0 spiro atoms. The number of halogens is 4. The highest BCUT2D eigenvalue weighted by atomic mass is 35.5. The van der Waals surface area contributed by atoms with Crippen LogP contribution in [-0.4, -0.2) is 54.5 Å². The van der Waals surface area contributed by atoms with Gasteiger partial charge in [0.1, 0.15) is 24.5 Å². The van der Waals surface area contributed by atoms with Gasteiger partial charge in [-0.05, 0) is 26.0 Å². The minimum Gasteiger partial charge on any atom is -0.482 e. The van der Waals surface area contributed by atoms with Gasteiger partial charge in [-0.2, -0.15) is 4.39 Å². The Labute approximate surface area is 230 Å². The molecule has 0 bridgehead atoms. The van der Waals surface area contributed by atoms with Crippen molar-refractivity contribution in [2.75, 3.05) is 13.7 Å². The molecule has 0 saturated carbocycles. The molecule has 212 valence electrons. The number of esters is 1. The highest BCUT2D eigenvalue weighted by Gasteiger charge is 2.29. The van der Waals surface area contributed by atoms with Gasteiger partial charge in [-0.15, -0.1) is 0 Å². The van der Waals surface area contributed by atoms with Gasteiger partial charge in [-0.1, -0.05) is 28.9 Å². The summed E-state index contributed by atoms with van der Waals surface area (Å²) in [6, 6.07) is 5.56. The van der Waals surface area contributed by atoms with Crippen LogP contribution in [0.3, 0.4) is 0 Å². The van der Waals surface area contributed by atoms with Crippen molar-refractivity contribution in [3.63, 3.8) is 0 Å². The molecule has 0 aliphatic carbocycles. The number of hydrogen-bond donors (Lipinski definition) is 2. The van der Waals surface area contributed by atoms with Gasteiger partial charge in [-0.3, -0.25) is 19.2 Å². The molecule has 0 fully saturated rings. The smallest absolute Gasteiger partial charge is 0.308 e. The fourth-order valence-electron chi connectivity index (χ4n) is 3.38. The molecule has 2 aromatic carbocycles. The third-order valence-electron chi connectivity index (χ3n) is 5.65. The molecule has 0 aliphatic heterocycles. The van der Waals surface area contributed by atoms with Gasteiger partial charge in [0.15, 0.2) is 28.8 Å². The molecule has 0 aliphatic rings. The van der Waals surface area contributed by atoms with Crippen LogP contribution in [0.1, 0.15) is 29.4 Å². The highest BCUT2D eigenvalue weighted by molar-refractivity contribution is 6.33. The summed E-state index contributed by atoms with van der Waals surface area (Å²) in [4.78, 5) is 49.9. The van der Waals surface area contributed by atoms with Gasteiger partial charge >= 0.3 is 5.97 Å². The molecule has 2 N–H and O–H groups in total. The number of carbonyl (C=O) groups excluding carboxylic acids is 4. The van der Waals surface area contributed by atoms with Gasteiger partial charge in [0.25, 0.3) is 5.91 Å². The zero-order valence-electron chi connectivity index (χ0n) is 21.3. The van der Waals surface area contributed by atoms with Crippen molar-refractivity contribution in [1.82, 2.24) is 15.8 Å². The molecule has 40 heavy (non-hydrogen) atoms. The minimum absolute atomic E-state index is 0.162. The summed E-state index contributed by atoms with van der Waals surface area (Å²) >= 11 is 6.12. The number of nitrogens with zero attached hydrogens (tertiary/aromatic N) is 1. The summed E-state index contributed by atoms with van der Waals surface area (Å²) < 4.78 is 56.1. The van der Waals surface area contributed by atoms with Gasteiger partial charge in [0.2, 0.25) is 11.7 Å². The number of amides is 2. The van der Waals surface area contributed by atoms with Gasteiger partial charge in [0, 0.05) is 23.3 Å². The topological polar surface area (TPSA) is 137 Å². The van der Waals surface area contributed by atoms with Crippen LogP contribution in [0.25, 0.3) is 11.3 Å². The number of ether oxygens (including phenoxy) is 2. The molecule has 2 amide bonds. The standard InChI is InChI=1S/C26H23ClF3N3O7/c1-12-16(28)8-17(29)23(30)24(12)39-11-20(34)18(10-22(35)38-3)32-25(36)13(2)31-26(37)19-9-21(40-33-19)14-6-4-5-7-15(14)27/h4-9,13,18H,10-11H2,1-3H3,(H,31,37)(H,32,36)/t13-,18+/m0/s1. The number of hydrogen-bond acceptors (Lipinski definition) is 8. The van der Waals surface area contributed by atoms with Crippen LogP contribution in [0.5, 0.6) is 5.75 Å². The average molecular weight is 582 g/mol. The zero-order chi connectivity index (χ0) is 29.6. The van der Waals surface area contributed by atoms with E-state index in [0.29, 0.717) is 16.7 Å². The SMILES string of the molecule is COC(=O)C[C@@H](NC(=O)[C@H](C)NC(=O)c1cc(-c2ccccc2Cl)on1)C(=O)COc1c(C)c(F)cc(F)c1F. The van der Waals surface area contributed by atoms with Crippen LogP contribution < -0.4 is 15.4 Å². The van der Waals surface area contributed by atoms with E-state index in [4.69, 9.17) is 20.9 Å². The van der Waals surface area contributed by atoms with Crippen LogP contribution in [-0.2, 0) is 19.1 Å². The van der Waals surface area contributed by atoms with E-state index in [1.54, 1.807) is 24.3 Å². The van der Waals surface area contributed by atoms with Crippen molar-refractivity contribution in [2.45, 2.75) is 32.4 Å². The van der Waals surface area contributed by atoms with E-state index in [2.05, 4.69) is 20.5 Å². The highest BCUT2D eigenvalue weighted by Crippen LogP contribution is 2.28. The monoisotopic (exact) mass is 581 g/mol. The Morgan fingerprint density at radius 2 is 1.77 bits per heavy atom. The van der Waals surface area contributed by atoms with Crippen LogP contribution in [0, 0.1) is 24.4 Å². The Hall–Kier alpha value is -4.39. The van der Waals surface area contributed by atoms with Crippen LogP contribution >= 0.6 is 11.6 Å². The fraction of sp³-hybridized carbons (Fsp3) is 0.269. The van der Waals surface area contributed by atoms with Crippen LogP contribution in [0.15, 0.2) is 40.9 Å². The summed E-state index contributed by atoms with van der Waals surface area (Å²) in [5, 5.41) is 8.69. The molecule has 0 unspecified atom stereocenters. The predicted octanol–water partition coefficient (Wildman–Crippen LogP) is 3.54. The summed E-state index contributed by atoms with van der Waals surface area (Å²) in [7, 11) is 1.05. The molecule has 0 radical (unpaired) electrons. The number of methoxy groups -OCH3 is 1. The van der Waals surface area contributed by atoms with E-state index in [-0.39, 0.29) is 17.0 Å². The number of ketones is 1. The predicted molar refractivity (Wildman–Crippen MR) is 134 cm³/mol. The molecule has 0 saturated heterocycles. The van der Waals surface area contributed by atoms with Crippen molar-refractivity contribution >= 4 is 35.2 Å². The largest absolute Gasteiger partial charge is 0.482 e. The summed E-state index contributed by atoms with van der Waals surface area (Å²) in [5.41, 5.74) is -0.0593. The Bertz CT molecular complexity index is 1420. The average Bonchev–Trinajstić information content (AvgIpc) is 3.41. The third kappa shape index (κ3) is 7.17. The third-order valence-corrected chi connectivity index (χ3v) is 5.98. The maximum atomic E-state index is 14.1. The maximum Gasteiger partial charge on any atom is 0.308 e. The van der Waals surface area contributed by atoms with E-state index in [1.165, 1.54) is 13.0 Å². The Morgan fingerprint density at radius 1 is 1.07 bits per heavy atom. The first-order valence-corrected chi connectivity index (χ1v) is 12.0. The van der Waals surface area contributed by atoms with Gasteiger partial charge < -0.3 is 24.6 Å². The van der Waals surface area contributed by atoms with E-state index in [9.17, 15) is 32.3 Å². The van der Waals surface area contributed by atoms with Crippen molar-refractivity contribution in [3.05, 3.63) is 70.1 Å². The van der Waals surface area contributed by atoms with Crippen LogP contribution in [0.2, 0.25) is 5.02 Å². The van der Waals surface area contributed by atoms with E-state index in [1.807, 2.05) is 0 Å². The summed E-state index contributed by atoms with van der Waals surface area (Å²) in [6.45, 7) is 1.46. The molecule has 1 aromatic heterocycles. The summed E-state index contributed by atoms with van der Waals surface area (Å²) in [5.74, 6) is -8.27. The number of rotatable bonds is 11. The lowest BCUT2D eigenvalue weighted by Gasteiger charge is -2.20. The van der Waals surface area contributed by atoms with E-state index in [0.717, 1.165) is 14.0 Å². The normalized spacial score (nSPS) is 12.3. The second-order valence-electron chi connectivity index (χ2n) is 8.46. The lowest BCUT2D eigenvalue weighted by Crippen LogP contribution is -2.51. The van der Waals surface area contributed by atoms with Gasteiger partial charge in [0.05, 0.1) is 18.6 Å². The lowest BCUT2D eigenvalue weighted by atomic mass is 10.1.